The van der Waals surface area contributed by atoms with Gasteiger partial charge >= 0.3 is 0 Å². The third-order valence-electron chi connectivity index (χ3n) is 6.52. The Labute approximate surface area is 185 Å². The number of hydrogen-bond donors (Lipinski definition) is 1. The number of anilines is 1. The smallest absolute Gasteiger partial charge is 0.238 e. The number of ether oxygens (including phenoxy) is 1. The molecule has 1 amide bonds. The Morgan fingerprint density at radius 1 is 1.16 bits per heavy atom. The summed E-state index contributed by atoms with van der Waals surface area (Å²) in [5.74, 6) is -0.179. The predicted molar refractivity (Wildman–Crippen MR) is 123 cm³/mol. The number of aryl methyl sites for hydroxylation is 1. The van der Waals surface area contributed by atoms with E-state index in [9.17, 15) is 9.59 Å². The zero-order valence-electron chi connectivity index (χ0n) is 18.4. The number of ketones is 1. The van der Waals surface area contributed by atoms with Crippen molar-refractivity contribution in [1.82, 2.24) is 9.88 Å². The van der Waals surface area contributed by atoms with Crippen LogP contribution in [0.25, 0.3) is 11.1 Å². The summed E-state index contributed by atoms with van der Waals surface area (Å²) >= 11 is 0. The average molecular weight is 424 g/mol. The molecule has 2 aliphatic rings. The number of carbonyl (C=O) groups is 2. The summed E-state index contributed by atoms with van der Waals surface area (Å²) in [6, 6.07) is 10.1. The SMILES string of the molecule is CCC(=O)c1ncc(-c2cccc(CC)c2)cc1NC(=O)CN1CCC2(CC1)COC2.[HH]. The number of pyridine rings is 1. The first-order chi connectivity index (χ1) is 15.0. The van der Waals surface area contributed by atoms with E-state index >= 15 is 0 Å². The van der Waals surface area contributed by atoms with Crippen LogP contribution < -0.4 is 5.32 Å². The van der Waals surface area contributed by atoms with Crippen molar-refractivity contribution < 1.29 is 15.8 Å². The number of rotatable bonds is 7. The lowest BCUT2D eigenvalue weighted by Gasteiger charge is -2.47. The standard InChI is InChI=1S/C25H31N3O3.H2/c1-3-18-6-5-7-19(12-18)20-13-21(24(26-14-20)22(29)4-2)27-23(30)15-28-10-8-25(9-11-28)16-31-17-25;/h5-7,12-14H,3-4,8-11,15-17H2,1-2H3,(H,27,30);1H. The van der Waals surface area contributed by atoms with Gasteiger partial charge in [0.05, 0.1) is 25.4 Å². The third kappa shape index (κ3) is 4.86. The summed E-state index contributed by atoms with van der Waals surface area (Å²) in [6.07, 6.45) is 5.16. The Bertz CT molecular complexity index is 965. The molecular formula is C25H33N3O3. The highest BCUT2D eigenvalue weighted by molar-refractivity contribution is 6.04. The van der Waals surface area contributed by atoms with Gasteiger partial charge in [-0.05, 0) is 49.5 Å². The van der Waals surface area contributed by atoms with Crippen LogP contribution in [0.3, 0.4) is 0 Å². The molecule has 0 saturated carbocycles. The van der Waals surface area contributed by atoms with Crippen LogP contribution in [0.5, 0.6) is 0 Å². The largest absolute Gasteiger partial charge is 0.380 e. The fourth-order valence-corrected chi connectivity index (χ4v) is 4.34. The minimum atomic E-state index is -0.104. The van der Waals surface area contributed by atoms with E-state index in [1.807, 2.05) is 25.1 Å². The summed E-state index contributed by atoms with van der Waals surface area (Å²) in [6.45, 7) is 7.76. The number of benzene rings is 1. The minimum Gasteiger partial charge on any atom is -0.380 e. The van der Waals surface area contributed by atoms with Crippen molar-refractivity contribution in [2.24, 2.45) is 5.41 Å². The van der Waals surface area contributed by atoms with Crippen LogP contribution in [0.2, 0.25) is 0 Å². The molecule has 6 heteroatoms. The highest BCUT2D eigenvalue weighted by Gasteiger charge is 2.41. The monoisotopic (exact) mass is 423 g/mol. The van der Waals surface area contributed by atoms with Gasteiger partial charge in [0.25, 0.3) is 0 Å². The van der Waals surface area contributed by atoms with Crippen molar-refractivity contribution in [2.75, 3.05) is 38.2 Å². The molecule has 1 aromatic carbocycles. The first-order valence-electron chi connectivity index (χ1n) is 11.2. The lowest BCUT2D eigenvalue weighted by molar-refractivity contribution is -0.141. The number of piperidine rings is 1. The maximum Gasteiger partial charge on any atom is 0.238 e. The summed E-state index contributed by atoms with van der Waals surface area (Å²) in [5, 5.41) is 2.97. The van der Waals surface area contributed by atoms with Gasteiger partial charge in [-0.2, -0.15) is 0 Å². The molecular weight excluding hydrogens is 390 g/mol. The summed E-state index contributed by atoms with van der Waals surface area (Å²) in [4.78, 5) is 31.9. The normalized spacial score (nSPS) is 17.9. The summed E-state index contributed by atoms with van der Waals surface area (Å²) < 4.78 is 5.38. The fraction of sp³-hybridized carbons (Fsp3) is 0.480. The van der Waals surface area contributed by atoms with Gasteiger partial charge in [-0.3, -0.25) is 19.5 Å². The van der Waals surface area contributed by atoms with Crippen LogP contribution in [-0.4, -0.2) is 54.4 Å². The first kappa shape index (κ1) is 21.7. The van der Waals surface area contributed by atoms with Crippen LogP contribution in [0.15, 0.2) is 36.5 Å². The van der Waals surface area contributed by atoms with Crippen molar-refractivity contribution >= 4 is 17.4 Å². The Morgan fingerprint density at radius 2 is 1.94 bits per heavy atom. The number of Topliss-reactive ketones (excluding diaryl/α,β-unsaturated/α-hetero) is 1. The van der Waals surface area contributed by atoms with E-state index in [2.05, 4.69) is 34.3 Å². The molecule has 1 aromatic heterocycles. The average Bonchev–Trinajstić information content (AvgIpc) is 2.78. The molecule has 0 radical (unpaired) electrons. The Balaban J connectivity index is 0.00000289. The molecule has 2 aliphatic heterocycles. The van der Waals surface area contributed by atoms with Crippen molar-refractivity contribution in [3.63, 3.8) is 0 Å². The number of nitrogens with one attached hydrogen (secondary N) is 1. The van der Waals surface area contributed by atoms with E-state index in [-0.39, 0.29) is 13.1 Å². The molecule has 166 valence electrons. The van der Waals surface area contributed by atoms with Crippen LogP contribution in [-0.2, 0) is 16.0 Å². The molecule has 1 N–H and O–H groups in total. The van der Waals surface area contributed by atoms with Gasteiger partial charge in [-0.1, -0.05) is 38.1 Å². The maximum atomic E-state index is 12.8. The van der Waals surface area contributed by atoms with Crippen LogP contribution >= 0.6 is 0 Å². The van der Waals surface area contributed by atoms with Gasteiger partial charge in [0.1, 0.15) is 5.69 Å². The molecule has 2 fully saturated rings. The third-order valence-corrected chi connectivity index (χ3v) is 6.52. The van der Waals surface area contributed by atoms with Gasteiger partial charge in [0.2, 0.25) is 5.91 Å². The molecule has 0 unspecified atom stereocenters. The molecule has 1 spiro atoms. The van der Waals surface area contributed by atoms with Crippen molar-refractivity contribution in [1.29, 1.82) is 0 Å². The fourth-order valence-electron chi connectivity index (χ4n) is 4.34. The van der Waals surface area contributed by atoms with E-state index < -0.39 is 0 Å². The molecule has 2 aromatic rings. The van der Waals surface area contributed by atoms with E-state index in [4.69, 9.17) is 4.74 Å². The molecule has 0 bridgehead atoms. The van der Waals surface area contributed by atoms with Gasteiger partial charge in [-0.25, -0.2) is 0 Å². The topological polar surface area (TPSA) is 71.5 Å². The first-order valence-corrected chi connectivity index (χ1v) is 11.2. The minimum absolute atomic E-state index is 0. The van der Waals surface area contributed by atoms with Crippen molar-refractivity contribution in [3.8, 4) is 11.1 Å². The molecule has 31 heavy (non-hydrogen) atoms. The number of amides is 1. The number of carbonyl (C=O) groups excluding carboxylic acids is 2. The molecule has 6 nitrogen and oxygen atoms in total. The zero-order chi connectivity index (χ0) is 21.8. The van der Waals surface area contributed by atoms with Gasteiger partial charge < -0.3 is 10.1 Å². The molecule has 0 aliphatic carbocycles. The Morgan fingerprint density at radius 3 is 2.58 bits per heavy atom. The summed E-state index contributed by atoms with van der Waals surface area (Å²) in [5.41, 5.74) is 4.33. The van der Waals surface area contributed by atoms with Crippen LogP contribution in [0.1, 0.15) is 50.6 Å². The lowest BCUT2D eigenvalue weighted by Crippen LogP contribution is -2.51. The highest BCUT2D eigenvalue weighted by Crippen LogP contribution is 2.38. The number of aromatic nitrogens is 1. The lowest BCUT2D eigenvalue weighted by atomic mass is 9.77. The van der Waals surface area contributed by atoms with Crippen LogP contribution in [0, 0.1) is 5.41 Å². The zero-order valence-corrected chi connectivity index (χ0v) is 18.4. The number of hydrogen-bond acceptors (Lipinski definition) is 5. The quantitative estimate of drug-likeness (QED) is 0.676. The van der Waals surface area contributed by atoms with Gasteiger partial charge in [0, 0.05) is 25.0 Å². The van der Waals surface area contributed by atoms with E-state index in [1.165, 1.54) is 5.56 Å². The van der Waals surface area contributed by atoms with Gasteiger partial charge in [0.15, 0.2) is 5.78 Å². The molecule has 0 atom stereocenters. The second-order valence-electron chi connectivity index (χ2n) is 8.77. The Hall–Kier alpha value is -2.57. The number of likely N-dealkylation sites (tertiary alicyclic amines) is 1. The van der Waals surface area contributed by atoms with Crippen LogP contribution in [0.4, 0.5) is 5.69 Å². The molecule has 2 saturated heterocycles. The van der Waals surface area contributed by atoms with Gasteiger partial charge in [-0.15, -0.1) is 0 Å². The van der Waals surface area contributed by atoms with E-state index in [0.717, 1.165) is 56.7 Å². The highest BCUT2D eigenvalue weighted by atomic mass is 16.5. The Kier molecular flexibility index (Phi) is 6.49. The second-order valence-corrected chi connectivity index (χ2v) is 8.77. The van der Waals surface area contributed by atoms with Crippen molar-refractivity contribution in [3.05, 3.63) is 47.8 Å². The van der Waals surface area contributed by atoms with Crippen molar-refractivity contribution in [2.45, 2.75) is 39.5 Å². The number of nitrogens with zero attached hydrogens (tertiary/aromatic N) is 2. The second kappa shape index (κ2) is 9.28. The molecule has 3 heterocycles. The maximum absolute atomic E-state index is 12.8. The predicted octanol–water partition coefficient (Wildman–Crippen LogP) is 4.20. The van der Waals surface area contributed by atoms with E-state index in [0.29, 0.717) is 29.8 Å². The van der Waals surface area contributed by atoms with E-state index in [1.54, 1.807) is 6.20 Å². The molecule has 4 rings (SSSR count). The summed E-state index contributed by atoms with van der Waals surface area (Å²) in [7, 11) is 0.